The van der Waals surface area contributed by atoms with Gasteiger partial charge in [0.05, 0.1) is 0 Å². The van der Waals surface area contributed by atoms with Crippen molar-refractivity contribution in [2.75, 3.05) is 0 Å². The minimum atomic E-state index is -0.917. The summed E-state index contributed by atoms with van der Waals surface area (Å²) in [4.78, 5) is 11.2. The van der Waals surface area contributed by atoms with Crippen molar-refractivity contribution in [2.45, 2.75) is 32.0 Å². The molecular formula is C14H14O3. The standard InChI is InChI=1S/C14H14O3/c1-13(2)14(3,17-12(15)16-13)10-9-11-7-5-4-6-8-11/h4-8H,1-3H3. The summed E-state index contributed by atoms with van der Waals surface area (Å²) in [6, 6.07) is 9.56. The third-order valence-corrected chi connectivity index (χ3v) is 2.99. The molecule has 17 heavy (non-hydrogen) atoms. The Morgan fingerprint density at radius 2 is 1.71 bits per heavy atom. The first kappa shape index (κ1) is 11.5. The highest BCUT2D eigenvalue weighted by Crippen LogP contribution is 2.35. The largest absolute Gasteiger partial charge is 0.510 e. The Balaban J connectivity index is 2.30. The molecule has 3 heteroatoms. The van der Waals surface area contributed by atoms with Gasteiger partial charge in [0.1, 0.15) is 0 Å². The van der Waals surface area contributed by atoms with Gasteiger partial charge in [0.25, 0.3) is 0 Å². The zero-order chi connectivity index (χ0) is 12.5. The molecule has 0 N–H and O–H groups in total. The van der Waals surface area contributed by atoms with Crippen LogP contribution in [0.3, 0.4) is 0 Å². The lowest BCUT2D eigenvalue weighted by Crippen LogP contribution is -2.43. The molecule has 0 bridgehead atoms. The first-order chi connectivity index (χ1) is 7.93. The predicted octanol–water partition coefficient (Wildman–Crippen LogP) is 2.74. The average molecular weight is 230 g/mol. The van der Waals surface area contributed by atoms with Gasteiger partial charge in [-0.3, -0.25) is 0 Å². The second-order valence-electron chi connectivity index (χ2n) is 4.61. The lowest BCUT2D eigenvalue weighted by atomic mass is 9.88. The summed E-state index contributed by atoms with van der Waals surface area (Å²) in [5.74, 6) is 5.97. The summed E-state index contributed by atoms with van der Waals surface area (Å²) in [6.07, 6.45) is -0.667. The molecule has 1 fully saturated rings. The molecule has 3 nitrogen and oxygen atoms in total. The van der Waals surface area contributed by atoms with E-state index in [9.17, 15) is 4.79 Å². The van der Waals surface area contributed by atoms with Crippen LogP contribution in [0.5, 0.6) is 0 Å². The van der Waals surface area contributed by atoms with Gasteiger partial charge < -0.3 is 9.47 Å². The Bertz CT molecular complexity index is 493. The quantitative estimate of drug-likeness (QED) is 0.508. The van der Waals surface area contributed by atoms with Crippen LogP contribution >= 0.6 is 0 Å². The number of cyclic esters (lactones) is 2. The van der Waals surface area contributed by atoms with Gasteiger partial charge in [-0.05, 0) is 38.8 Å². The fraction of sp³-hybridized carbons (Fsp3) is 0.357. The van der Waals surface area contributed by atoms with Crippen LogP contribution in [-0.4, -0.2) is 17.4 Å². The van der Waals surface area contributed by atoms with Crippen LogP contribution < -0.4 is 0 Å². The Labute approximate surface area is 101 Å². The lowest BCUT2D eigenvalue weighted by Gasteiger charge is -2.27. The van der Waals surface area contributed by atoms with E-state index in [1.54, 1.807) is 20.8 Å². The minimum Gasteiger partial charge on any atom is -0.423 e. The number of hydrogen-bond donors (Lipinski definition) is 0. The number of benzene rings is 1. The average Bonchev–Trinajstić information content (AvgIpc) is 2.46. The molecule has 0 aromatic heterocycles. The highest BCUT2D eigenvalue weighted by molar-refractivity contribution is 5.65. The summed E-state index contributed by atoms with van der Waals surface area (Å²) in [5.41, 5.74) is -0.779. The van der Waals surface area contributed by atoms with Crippen molar-refractivity contribution < 1.29 is 14.3 Å². The molecule has 0 aliphatic carbocycles. The normalized spacial score (nSPS) is 25.5. The molecular weight excluding hydrogens is 216 g/mol. The Hall–Kier alpha value is -1.95. The molecule has 1 aliphatic rings. The van der Waals surface area contributed by atoms with Gasteiger partial charge in [-0.1, -0.05) is 24.1 Å². The second-order valence-corrected chi connectivity index (χ2v) is 4.61. The van der Waals surface area contributed by atoms with E-state index in [0.29, 0.717) is 0 Å². The fourth-order valence-corrected chi connectivity index (χ4v) is 1.51. The Morgan fingerprint density at radius 1 is 1.06 bits per heavy atom. The number of carbonyl (C=O) groups is 1. The maximum Gasteiger partial charge on any atom is 0.510 e. The van der Waals surface area contributed by atoms with Crippen molar-refractivity contribution in [3.8, 4) is 11.8 Å². The Morgan fingerprint density at radius 3 is 2.24 bits per heavy atom. The molecule has 1 aromatic rings. The highest BCUT2D eigenvalue weighted by Gasteiger charge is 2.53. The van der Waals surface area contributed by atoms with Crippen molar-refractivity contribution in [2.24, 2.45) is 0 Å². The van der Waals surface area contributed by atoms with E-state index in [2.05, 4.69) is 11.8 Å². The van der Waals surface area contributed by atoms with Gasteiger partial charge in [-0.25, -0.2) is 4.79 Å². The maximum atomic E-state index is 11.2. The van der Waals surface area contributed by atoms with Crippen LogP contribution in [0.4, 0.5) is 4.79 Å². The third kappa shape index (κ3) is 2.12. The van der Waals surface area contributed by atoms with Gasteiger partial charge >= 0.3 is 6.16 Å². The van der Waals surface area contributed by atoms with Crippen LogP contribution in [-0.2, 0) is 9.47 Å². The van der Waals surface area contributed by atoms with Crippen LogP contribution in [0, 0.1) is 11.8 Å². The number of carbonyl (C=O) groups excluding carboxylic acids is 1. The van der Waals surface area contributed by atoms with Crippen molar-refractivity contribution >= 4 is 6.16 Å². The first-order valence-corrected chi connectivity index (χ1v) is 5.43. The van der Waals surface area contributed by atoms with Gasteiger partial charge in [-0.2, -0.15) is 0 Å². The fourth-order valence-electron chi connectivity index (χ4n) is 1.51. The van der Waals surface area contributed by atoms with E-state index < -0.39 is 17.4 Å². The zero-order valence-corrected chi connectivity index (χ0v) is 10.1. The lowest BCUT2D eigenvalue weighted by molar-refractivity contribution is 0.0349. The van der Waals surface area contributed by atoms with E-state index in [-0.39, 0.29) is 0 Å². The van der Waals surface area contributed by atoms with Crippen molar-refractivity contribution in [3.63, 3.8) is 0 Å². The van der Waals surface area contributed by atoms with E-state index in [0.717, 1.165) is 5.56 Å². The van der Waals surface area contributed by atoms with Crippen molar-refractivity contribution in [1.82, 2.24) is 0 Å². The van der Waals surface area contributed by atoms with E-state index in [1.165, 1.54) is 0 Å². The maximum absolute atomic E-state index is 11.2. The van der Waals surface area contributed by atoms with Gasteiger partial charge in [0.2, 0.25) is 5.60 Å². The molecule has 1 heterocycles. The van der Waals surface area contributed by atoms with E-state index in [4.69, 9.17) is 9.47 Å². The summed E-state index contributed by atoms with van der Waals surface area (Å²) < 4.78 is 10.2. The van der Waals surface area contributed by atoms with E-state index >= 15 is 0 Å². The number of hydrogen-bond acceptors (Lipinski definition) is 3. The first-order valence-electron chi connectivity index (χ1n) is 5.43. The van der Waals surface area contributed by atoms with Gasteiger partial charge in [0, 0.05) is 5.56 Å². The van der Waals surface area contributed by atoms with Crippen LogP contribution in [0.15, 0.2) is 30.3 Å². The highest BCUT2D eigenvalue weighted by atomic mass is 16.8. The molecule has 0 radical (unpaired) electrons. The van der Waals surface area contributed by atoms with Gasteiger partial charge in [-0.15, -0.1) is 0 Å². The van der Waals surface area contributed by atoms with Crippen molar-refractivity contribution in [3.05, 3.63) is 35.9 Å². The summed E-state index contributed by atoms with van der Waals surface area (Å²) in [6.45, 7) is 5.34. The van der Waals surface area contributed by atoms with Crippen LogP contribution in [0.2, 0.25) is 0 Å². The minimum absolute atomic E-state index is 0.667. The summed E-state index contributed by atoms with van der Waals surface area (Å²) in [5, 5.41) is 0. The SMILES string of the molecule is CC1(C)OC(=O)OC1(C)C#Cc1ccccc1. The summed E-state index contributed by atoms with van der Waals surface area (Å²) >= 11 is 0. The van der Waals surface area contributed by atoms with Crippen LogP contribution in [0.25, 0.3) is 0 Å². The smallest absolute Gasteiger partial charge is 0.423 e. The van der Waals surface area contributed by atoms with E-state index in [1.807, 2.05) is 30.3 Å². The molecule has 0 amide bonds. The topological polar surface area (TPSA) is 35.5 Å². The zero-order valence-electron chi connectivity index (χ0n) is 10.1. The third-order valence-electron chi connectivity index (χ3n) is 2.99. The second kappa shape index (κ2) is 3.81. The monoisotopic (exact) mass is 230 g/mol. The molecule has 0 saturated carbocycles. The number of rotatable bonds is 0. The summed E-state index contributed by atoms with van der Waals surface area (Å²) in [7, 11) is 0. The molecule has 88 valence electrons. The molecule has 0 spiro atoms. The molecule has 1 unspecified atom stereocenters. The predicted molar refractivity (Wildman–Crippen MR) is 63.4 cm³/mol. The molecule has 1 aliphatic heterocycles. The van der Waals surface area contributed by atoms with Crippen molar-refractivity contribution in [1.29, 1.82) is 0 Å². The molecule has 1 saturated heterocycles. The van der Waals surface area contributed by atoms with Crippen LogP contribution in [0.1, 0.15) is 26.3 Å². The Kier molecular flexibility index (Phi) is 2.59. The molecule has 1 aromatic carbocycles. The number of ether oxygens (including phenoxy) is 2. The molecule has 2 rings (SSSR count). The molecule has 1 atom stereocenters. The van der Waals surface area contributed by atoms with Gasteiger partial charge in [0.15, 0.2) is 5.60 Å².